The maximum Gasteiger partial charge on any atom is 0.234 e. The summed E-state index contributed by atoms with van der Waals surface area (Å²) in [5.74, 6) is 0.0796. The van der Waals surface area contributed by atoms with Crippen LogP contribution in [-0.2, 0) is 4.79 Å². The maximum absolute atomic E-state index is 12.1. The predicted molar refractivity (Wildman–Crippen MR) is 102 cm³/mol. The fraction of sp³-hybridized carbons (Fsp3) is 0.150. The van der Waals surface area contributed by atoms with Crippen LogP contribution >= 0.6 is 11.8 Å². The van der Waals surface area contributed by atoms with Crippen LogP contribution in [0.2, 0.25) is 0 Å². The molecule has 0 fully saturated rings. The van der Waals surface area contributed by atoms with E-state index >= 15 is 0 Å². The van der Waals surface area contributed by atoms with E-state index in [2.05, 4.69) is 16.4 Å². The molecule has 0 saturated carbocycles. The Hall–Kier alpha value is -2.84. The second-order valence-electron chi connectivity index (χ2n) is 5.85. The molecule has 1 N–H and O–H groups in total. The van der Waals surface area contributed by atoms with Crippen LogP contribution in [0.15, 0.2) is 53.6 Å². The molecule has 4 nitrogen and oxygen atoms in total. The quantitative estimate of drug-likeness (QED) is 0.708. The van der Waals surface area contributed by atoms with Gasteiger partial charge in [0.2, 0.25) is 5.91 Å². The smallest absolute Gasteiger partial charge is 0.234 e. The van der Waals surface area contributed by atoms with Crippen molar-refractivity contribution in [1.82, 2.24) is 4.98 Å². The van der Waals surface area contributed by atoms with Crippen molar-refractivity contribution in [2.75, 3.05) is 11.1 Å². The predicted octanol–water partition coefficient (Wildman–Crippen LogP) is 4.45. The van der Waals surface area contributed by atoms with E-state index in [4.69, 9.17) is 0 Å². The molecule has 0 unspecified atom stereocenters. The van der Waals surface area contributed by atoms with E-state index in [9.17, 15) is 10.1 Å². The van der Waals surface area contributed by atoms with Gasteiger partial charge in [-0.05, 0) is 44.2 Å². The molecule has 0 atom stereocenters. The zero-order valence-electron chi connectivity index (χ0n) is 14.0. The van der Waals surface area contributed by atoms with Crippen molar-refractivity contribution >= 4 is 34.3 Å². The number of pyridine rings is 1. The first-order valence-corrected chi connectivity index (χ1v) is 8.84. The molecule has 25 heavy (non-hydrogen) atoms. The third kappa shape index (κ3) is 4.17. The fourth-order valence-electron chi connectivity index (χ4n) is 2.44. The highest BCUT2D eigenvalue weighted by atomic mass is 32.2. The van der Waals surface area contributed by atoms with Crippen LogP contribution in [0, 0.1) is 25.2 Å². The summed E-state index contributed by atoms with van der Waals surface area (Å²) >= 11 is 1.28. The summed E-state index contributed by atoms with van der Waals surface area (Å²) in [7, 11) is 0. The Bertz CT molecular complexity index is 975. The summed E-state index contributed by atoms with van der Waals surface area (Å²) in [6, 6.07) is 17.6. The van der Waals surface area contributed by atoms with Crippen molar-refractivity contribution in [2.45, 2.75) is 18.9 Å². The first-order valence-electron chi connectivity index (χ1n) is 7.86. The Balaban J connectivity index is 1.73. The number of aromatic nitrogens is 1. The first kappa shape index (κ1) is 17.0. The van der Waals surface area contributed by atoms with Gasteiger partial charge in [0, 0.05) is 11.1 Å². The molecular weight excluding hydrogens is 330 g/mol. The van der Waals surface area contributed by atoms with Gasteiger partial charge in [-0.2, -0.15) is 5.26 Å². The van der Waals surface area contributed by atoms with Crippen LogP contribution in [-0.4, -0.2) is 16.6 Å². The van der Waals surface area contributed by atoms with E-state index in [0.29, 0.717) is 10.6 Å². The minimum absolute atomic E-state index is 0.122. The van der Waals surface area contributed by atoms with Crippen LogP contribution < -0.4 is 5.32 Å². The van der Waals surface area contributed by atoms with E-state index in [1.54, 1.807) is 0 Å². The highest BCUT2D eigenvalue weighted by molar-refractivity contribution is 8.00. The number of hydrogen-bond acceptors (Lipinski definition) is 4. The van der Waals surface area contributed by atoms with Gasteiger partial charge in [-0.3, -0.25) is 4.79 Å². The van der Waals surface area contributed by atoms with E-state index in [0.717, 1.165) is 27.7 Å². The van der Waals surface area contributed by atoms with E-state index in [-0.39, 0.29) is 11.7 Å². The molecule has 0 radical (unpaired) electrons. The van der Waals surface area contributed by atoms with Crippen LogP contribution in [0.4, 0.5) is 5.69 Å². The van der Waals surface area contributed by atoms with Crippen molar-refractivity contribution < 1.29 is 4.79 Å². The van der Waals surface area contributed by atoms with Gasteiger partial charge in [0.25, 0.3) is 0 Å². The van der Waals surface area contributed by atoms with Gasteiger partial charge in [-0.15, -0.1) is 0 Å². The molecule has 1 heterocycles. The minimum Gasteiger partial charge on any atom is -0.325 e. The molecular formula is C20H17N3OS. The third-order valence-electron chi connectivity index (χ3n) is 3.73. The molecule has 0 aliphatic carbocycles. The molecule has 0 aliphatic rings. The number of anilines is 1. The van der Waals surface area contributed by atoms with Gasteiger partial charge >= 0.3 is 0 Å². The SMILES string of the molecule is Cc1ccc(NC(=O)CSc2nc3ccc(C)cc3cc2C#N)cc1. The minimum atomic E-state index is -0.122. The lowest BCUT2D eigenvalue weighted by molar-refractivity contribution is -0.113. The molecule has 2 aromatic carbocycles. The average Bonchev–Trinajstić information content (AvgIpc) is 2.61. The second-order valence-corrected chi connectivity index (χ2v) is 6.82. The number of thioether (sulfide) groups is 1. The summed E-state index contributed by atoms with van der Waals surface area (Å²) in [5, 5.41) is 13.7. The Kier molecular flexibility index (Phi) is 5.01. The van der Waals surface area contributed by atoms with Gasteiger partial charge < -0.3 is 5.32 Å². The largest absolute Gasteiger partial charge is 0.325 e. The molecule has 0 bridgehead atoms. The zero-order chi connectivity index (χ0) is 17.8. The second kappa shape index (κ2) is 7.37. The number of hydrogen-bond donors (Lipinski definition) is 1. The van der Waals surface area contributed by atoms with Crippen LogP contribution in [0.25, 0.3) is 10.9 Å². The lowest BCUT2D eigenvalue weighted by Gasteiger charge is -2.07. The number of amides is 1. The lowest BCUT2D eigenvalue weighted by Crippen LogP contribution is -2.14. The molecule has 124 valence electrons. The van der Waals surface area contributed by atoms with Gasteiger partial charge in [-0.1, -0.05) is 41.1 Å². The van der Waals surface area contributed by atoms with Crippen molar-refractivity contribution in [3.8, 4) is 6.07 Å². The number of carbonyl (C=O) groups excluding carboxylic acids is 1. The highest BCUT2D eigenvalue weighted by Gasteiger charge is 2.10. The number of fused-ring (bicyclic) bond motifs is 1. The van der Waals surface area contributed by atoms with Crippen molar-refractivity contribution in [3.05, 3.63) is 65.2 Å². The Labute approximate surface area is 150 Å². The lowest BCUT2D eigenvalue weighted by atomic mass is 10.1. The number of nitrogens with one attached hydrogen (secondary N) is 1. The number of carbonyl (C=O) groups is 1. The molecule has 1 amide bonds. The van der Waals surface area contributed by atoms with Gasteiger partial charge in [0.1, 0.15) is 11.1 Å². The first-order chi connectivity index (χ1) is 12.0. The molecule has 0 aliphatic heterocycles. The normalized spacial score (nSPS) is 10.4. The molecule has 1 aromatic heterocycles. The van der Waals surface area contributed by atoms with Gasteiger partial charge in [0.05, 0.1) is 16.8 Å². The Morgan fingerprint density at radius 3 is 2.56 bits per heavy atom. The van der Waals surface area contributed by atoms with E-state index in [1.165, 1.54) is 11.8 Å². The summed E-state index contributed by atoms with van der Waals surface area (Å²) in [5.41, 5.74) is 4.34. The zero-order valence-corrected chi connectivity index (χ0v) is 14.9. The standard InChI is InChI=1S/C20H17N3OS/c1-13-3-6-17(7-4-13)22-19(24)12-25-20-16(11-21)10-15-9-14(2)5-8-18(15)23-20/h3-10H,12H2,1-2H3,(H,22,24). The Morgan fingerprint density at radius 2 is 1.84 bits per heavy atom. The van der Waals surface area contributed by atoms with Crippen molar-refractivity contribution in [3.63, 3.8) is 0 Å². The van der Waals surface area contributed by atoms with E-state index in [1.807, 2.05) is 62.4 Å². The number of nitrogens with zero attached hydrogens (tertiary/aromatic N) is 2. The number of nitriles is 1. The third-order valence-corrected chi connectivity index (χ3v) is 4.72. The van der Waals surface area contributed by atoms with Crippen LogP contribution in [0.3, 0.4) is 0 Å². The molecule has 0 saturated heterocycles. The summed E-state index contributed by atoms with van der Waals surface area (Å²) in [4.78, 5) is 16.7. The van der Waals surface area contributed by atoms with Gasteiger partial charge in [0.15, 0.2) is 0 Å². The summed E-state index contributed by atoms with van der Waals surface area (Å²) in [6.45, 7) is 4.00. The van der Waals surface area contributed by atoms with Crippen LogP contribution in [0.5, 0.6) is 0 Å². The molecule has 0 spiro atoms. The monoisotopic (exact) mass is 347 g/mol. The maximum atomic E-state index is 12.1. The topological polar surface area (TPSA) is 65.8 Å². The average molecular weight is 347 g/mol. The van der Waals surface area contributed by atoms with E-state index < -0.39 is 0 Å². The molecule has 5 heteroatoms. The summed E-state index contributed by atoms with van der Waals surface area (Å²) < 4.78 is 0. The number of rotatable bonds is 4. The van der Waals surface area contributed by atoms with Crippen molar-refractivity contribution in [1.29, 1.82) is 5.26 Å². The summed E-state index contributed by atoms with van der Waals surface area (Å²) in [6.07, 6.45) is 0. The number of benzene rings is 2. The van der Waals surface area contributed by atoms with Crippen LogP contribution in [0.1, 0.15) is 16.7 Å². The number of aryl methyl sites for hydroxylation is 2. The molecule has 3 aromatic rings. The highest BCUT2D eigenvalue weighted by Crippen LogP contribution is 2.25. The fourth-order valence-corrected chi connectivity index (χ4v) is 3.20. The Morgan fingerprint density at radius 1 is 1.12 bits per heavy atom. The molecule has 3 rings (SSSR count). The van der Waals surface area contributed by atoms with Gasteiger partial charge in [-0.25, -0.2) is 4.98 Å². The van der Waals surface area contributed by atoms with Crippen molar-refractivity contribution in [2.24, 2.45) is 0 Å².